The summed E-state index contributed by atoms with van der Waals surface area (Å²) >= 11 is 0. The van der Waals surface area contributed by atoms with Gasteiger partial charge in [0.1, 0.15) is 5.82 Å². The summed E-state index contributed by atoms with van der Waals surface area (Å²) < 4.78 is 0. The van der Waals surface area contributed by atoms with Crippen molar-refractivity contribution in [1.82, 2.24) is 15.2 Å². The Balaban J connectivity index is 1.99. The second kappa shape index (κ2) is 6.35. The zero-order chi connectivity index (χ0) is 13.8. The van der Waals surface area contributed by atoms with Gasteiger partial charge in [0.2, 0.25) is 0 Å². The molecule has 4 nitrogen and oxygen atoms in total. The van der Waals surface area contributed by atoms with Crippen LogP contribution in [0.2, 0.25) is 0 Å². The Bertz CT molecular complexity index is 388. The molecule has 0 saturated carbocycles. The topological polar surface area (TPSA) is 31.4 Å². The van der Waals surface area contributed by atoms with Crippen LogP contribution < -0.4 is 10.2 Å². The third kappa shape index (κ3) is 3.45. The average molecular weight is 262 g/mol. The SMILES string of the molecule is CCNC(C)c1ccc(N2CCC(N(C)C)C2)nc1. The molecule has 0 spiro atoms. The molecule has 1 aliphatic rings. The maximum Gasteiger partial charge on any atom is 0.128 e. The highest BCUT2D eigenvalue weighted by molar-refractivity contribution is 5.41. The van der Waals surface area contributed by atoms with E-state index in [-0.39, 0.29) is 0 Å². The maximum absolute atomic E-state index is 4.63. The molecule has 19 heavy (non-hydrogen) atoms. The van der Waals surface area contributed by atoms with Crippen molar-refractivity contribution in [3.05, 3.63) is 23.9 Å². The molecule has 0 bridgehead atoms. The van der Waals surface area contributed by atoms with E-state index in [9.17, 15) is 0 Å². The van der Waals surface area contributed by atoms with E-state index in [1.807, 2.05) is 6.20 Å². The number of hydrogen-bond donors (Lipinski definition) is 1. The highest BCUT2D eigenvalue weighted by Crippen LogP contribution is 2.21. The molecular weight excluding hydrogens is 236 g/mol. The molecule has 1 fully saturated rings. The number of pyridine rings is 1. The summed E-state index contributed by atoms with van der Waals surface area (Å²) in [6.45, 7) is 7.49. The number of anilines is 1. The first kappa shape index (κ1) is 14.3. The lowest BCUT2D eigenvalue weighted by atomic mass is 10.1. The molecule has 2 rings (SSSR count). The Morgan fingerprint density at radius 1 is 1.47 bits per heavy atom. The van der Waals surface area contributed by atoms with Crippen LogP contribution in [0.15, 0.2) is 18.3 Å². The summed E-state index contributed by atoms with van der Waals surface area (Å²) in [7, 11) is 4.31. The van der Waals surface area contributed by atoms with Crippen LogP contribution in [0.4, 0.5) is 5.82 Å². The zero-order valence-corrected chi connectivity index (χ0v) is 12.6. The van der Waals surface area contributed by atoms with Crippen molar-refractivity contribution in [3.63, 3.8) is 0 Å². The molecule has 106 valence electrons. The second-order valence-electron chi connectivity index (χ2n) is 5.58. The Morgan fingerprint density at radius 2 is 2.26 bits per heavy atom. The maximum atomic E-state index is 4.63. The van der Waals surface area contributed by atoms with E-state index in [1.165, 1.54) is 12.0 Å². The highest BCUT2D eigenvalue weighted by Gasteiger charge is 2.24. The molecule has 0 aliphatic carbocycles. The van der Waals surface area contributed by atoms with Crippen LogP contribution in [0.1, 0.15) is 31.9 Å². The smallest absolute Gasteiger partial charge is 0.128 e. The van der Waals surface area contributed by atoms with Crippen molar-refractivity contribution in [3.8, 4) is 0 Å². The van der Waals surface area contributed by atoms with Crippen LogP contribution in [0.25, 0.3) is 0 Å². The predicted octanol–water partition coefficient (Wildman–Crippen LogP) is 1.89. The van der Waals surface area contributed by atoms with Gasteiger partial charge in [-0.15, -0.1) is 0 Å². The summed E-state index contributed by atoms with van der Waals surface area (Å²) in [5.41, 5.74) is 1.26. The molecule has 1 aromatic heterocycles. The first-order valence-corrected chi connectivity index (χ1v) is 7.22. The van der Waals surface area contributed by atoms with Gasteiger partial charge in [0, 0.05) is 31.4 Å². The number of aromatic nitrogens is 1. The van der Waals surface area contributed by atoms with Gasteiger partial charge >= 0.3 is 0 Å². The Hall–Kier alpha value is -1.13. The van der Waals surface area contributed by atoms with E-state index in [0.29, 0.717) is 12.1 Å². The van der Waals surface area contributed by atoms with Crippen molar-refractivity contribution in [1.29, 1.82) is 0 Å². The molecule has 1 N–H and O–H groups in total. The summed E-state index contributed by atoms with van der Waals surface area (Å²) in [4.78, 5) is 9.31. The van der Waals surface area contributed by atoms with Crippen LogP contribution in [0, 0.1) is 0 Å². The van der Waals surface area contributed by atoms with Crippen molar-refractivity contribution >= 4 is 5.82 Å². The van der Waals surface area contributed by atoms with Gasteiger partial charge < -0.3 is 15.1 Å². The van der Waals surface area contributed by atoms with Crippen molar-refractivity contribution in [2.75, 3.05) is 38.6 Å². The van der Waals surface area contributed by atoms with E-state index in [0.717, 1.165) is 25.5 Å². The summed E-state index contributed by atoms with van der Waals surface area (Å²) in [5.74, 6) is 1.11. The van der Waals surface area contributed by atoms with E-state index >= 15 is 0 Å². The average Bonchev–Trinajstić information content (AvgIpc) is 2.89. The van der Waals surface area contributed by atoms with Gasteiger partial charge in [0.25, 0.3) is 0 Å². The van der Waals surface area contributed by atoms with Crippen LogP contribution in [-0.2, 0) is 0 Å². The van der Waals surface area contributed by atoms with E-state index in [1.54, 1.807) is 0 Å². The van der Waals surface area contributed by atoms with Crippen LogP contribution in [0.5, 0.6) is 0 Å². The summed E-state index contributed by atoms with van der Waals surface area (Å²) in [6.07, 6.45) is 3.23. The Labute approximate surface area is 116 Å². The fraction of sp³-hybridized carbons (Fsp3) is 0.667. The van der Waals surface area contributed by atoms with E-state index in [2.05, 4.69) is 60.2 Å². The number of rotatable bonds is 5. The standard InChI is InChI=1S/C15H26N4/c1-5-16-12(2)13-6-7-15(17-10-13)19-9-8-14(11-19)18(3)4/h6-7,10,12,14,16H,5,8-9,11H2,1-4H3. The lowest BCUT2D eigenvalue weighted by Crippen LogP contribution is -2.31. The van der Waals surface area contributed by atoms with Gasteiger partial charge in [-0.1, -0.05) is 13.0 Å². The minimum Gasteiger partial charge on any atom is -0.355 e. The van der Waals surface area contributed by atoms with Gasteiger partial charge in [0.15, 0.2) is 0 Å². The summed E-state index contributed by atoms with van der Waals surface area (Å²) in [5, 5.41) is 3.41. The van der Waals surface area contributed by atoms with Crippen molar-refractivity contribution in [2.45, 2.75) is 32.4 Å². The van der Waals surface area contributed by atoms with Gasteiger partial charge in [-0.3, -0.25) is 0 Å². The lowest BCUT2D eigenvalue weighted by Gasteiger charge is -2.21. The van der Waals surface area contributed by atoms with E-state index in [4.69, 9.17) is 0 Å². The molecule has 0 radical (unpaired) electrons. The van der Waals surface area contributed by atoms with Crippen molar-refractivity contribution < 1.29 is 0 Å². The van der Waals surface area contributed by atoms with Gasteiger partial charge in [0.05, 0.1) is 0 Å². The third-order valence-corrected chi connectivity index (χ3v) is 4.00. The number of likely N-dealkylation sites (N-methyl/N-ethyl adjacent to an activating group) is 1. The number of nitrogens with one attached hydrogen (secondary N) is 1. The minimum absolute atomic E-state index is 0.375. The Kier molecular flexibility index (Phi) is 4.77. The molecule has 2 atom stereocenters. The molecule has 2 unspecified atom stereocenters. The fourth-order valence-electron chi connectivity index (χ4n) is 2.64. The van der Waals surface area contributed by atoms with E-state index < -0.39 is 0 Å². The normalized spacial score (nSPS) is 21.1. The quantitative estimate of drug-likeness (QED) is 0.878. The molecule has 0 amide bonds. The van der Waals surface area contributed by atoms with Gasteiger partial charge in [-0.2, -0.15) is 0 Å². The highest BCUT2D eigenvalue weighted by atomic mass is 15.3. The van der Waals surface area contributed by atoms with Crippen LogP contribution >= 0.6 is 0 Å². The number of nitrogens with zero attached hydrogens (tertiary/aromatic N) is 3. The fourth-order valence-corrected chi connectivity index (χ4v) is 2.64. The second-order valence-corrected chi connectivity index (χ2v) is 5.58. The first-order chi connectivity index (χ1) is 9.11. The third-order valence-electron chi connectivity index (χ3n) is 4.00. The molecule has 1 saturated heterocycles. The zero-order valence-electron chi connectivity index (χ0n) is 12.6. The van der Waals surface area contributed by atoms with Gasteiger partial charge in [-0.25, -0.2) is 4.98 Å². The first-order valence-electron chi connectivity index (χ1n) is 7.22. The van der Waals surface area contributed by atoms with Crippen LogP contribution in [0.3, 0.4) is 0 Å². The molecule has 4 heteroatoms. The Morgan fingerprint density at radius 3 is 2.79 bits per heavy atom. The minimum atomic E-state index is 0.375. The molecular formula is C15H26N4. The monoisotopic (exact) mass is 262 g/mol. The summed E-state index contributed by atoms with van der Waals surface area (Å²) in [6, 6.07) is 5.38. The molecule has 1 aromatic rings. The van der Waals surface area contributed by atoms with Gasteiger partial charge in [-0.05, 0) is 45.6 Å². The largest absolute Gasteiger partial charge is 0.355 e. The lowest BCUT2D eigenvalue weighted by molar-refractivity contribution is 0.315. The molecule has 1 aliphatic heterocycles. The number of hydrogen-bond acceptors (Lipinski definition) is 4. The predicted molar refractivity (Wildman–Crippen MR) is 80.6 cm³/mol. The van der Waals surface area contributed by atoms with Crippen molar-refractivity contribution in [2.24, 2.45) is 0 Å². The molecule has 0 aromatic carbocycles. The van der Waals surface area contributed by atoms with Crippen LogP contribution in [-0.4, -0.2) is 49.7 Å². The molecule has 2 heterocycles.